The van der Waals surface area contributed by atoms with E-state index in [1.165, 1.54) is 0 Å². The summed E-state index contributed by atoms with van der Waals surface area (Å²) in [5, 5.41) is 8.76. The van der Waals surface area contributed by atoms with Gasteiger partial charge in [0.15, 0.2) is 5.78 Å². The van der Waals surface area contributed by atoms with E-state index in [9.17, 15) is 9.59 Å². The van der Waals surface area contributed by atoms with Crippen LogP contribution in [-0.2, 0) is 20.9 Å². The van der Waals surface area contributed by atoms with Gasteiger partial charge >= 0.3 is 5.97 Å². The van der Waals surface area contributed by atoms with E-state index in [4.69, 9.17) is 9.84 Å². The largest absolute Gasteiger partial charge is 0.481 e. The molecule has 0 radical (unpaired) electrons. The van der Waals surface area contributed by atoms with Crippen molar-refractivity contribution in [3.63, 3.8) is 0 Å². The Bertz CT molecular complexity index is 362. The second-order valence-electron chi connectivity index (χ2n) is 3.62. The number of hydrogen-bond donors (Lipinski definition) is 1. The first kappa shape index (κ1) is 13.4. The van der Waals surface area contributed by atoms with Crippen molar-refractivity contribution in [3.05, 3.63) is 18.7 Å². The van der Waals surface area contributed by atoms with E-state index in [0.29, 0.717) is 19.6 Å². The molecule has 1 aromatic rings. The number of rotatable bonds is 8. The van der Waals surface area contributed by atoms with Crippen LogP contribution in [0.15, 0.2) is 18.7 Å². The number of nitrogens with zero attached hydrogens (tertiary/aromatic N) is 2. The second kappa shape index (κ2) is 6.80. The van der Waals surface area contributed by atoms with E-state index in [1.807, 2.05) is 4.57 Å². The van der Waals surface area contributed by atoms with Gasteiger partial charge in [-0.2, -0.15) is 0 Å². The van der Waals surface area contributed by atoms with Crippen LogP contribution < -0.4 is 0 Å². The zero-order chi connectivity index (χ0) is 12.7. The minimum absolute atomic E-state index is 0.153. The van der Waals surface area contributed by atoms with Crippen molar-refractivity contribution in [2.24, 2.45) is 5.92 Å². The van der Waals surface area contributed by atoms with Crippen LogP contribution in [0.25, 0.3) is 0 Å². The molecule has 1 heterocycles. The number of aromatic nitrogens is 2. The lowest BCUT2D eigenvalue weighted by Gasteiger charge is -2.09. The monoisotopic (exact) mass is 240 g/mol. The predicted octanol–water partition coefficient (Wildman–Crippen LogP) is 0.580. The fraction of sp³-hybridized carbons (Fsp3) is 0.545. The standard InChI is InChI=1S/C11H16N2O4/c1-2-9(11(15)16)10(14)7-17-6-5-13-4-3-12-8-13/h3-4,8-9H,2,5-7H2,1H3,(H,15,16). The van der Waals surface area contributed by atoms with Gasteiger partial charge in [-0.25, -0.2) is 4.98 Å². The highest BCUT2D eigenvalue weighted by Gasteiger charge is 2.23. The van der Waals surface area contributed by atoms with Gasteiger partial charge in [-0.1, -0.05) is 6.92 Å². The van der Waals surface area contributed by atoms with Gasteiger partial charge < -0.3 is 14.4 Å². The second-order valence-corrected chi connectivity index (χ2v) is 3.62. The molecule has 1 rings (SSSR count). The molecule has 0 fully saturated rings. The number of hydrogen-bond acceptors (Lipinski definition) is 4. The molecule has 6 nitrogen and oxygen atoms in total. The van der Waals surface area contributed by atoms with E-state index < -0.39 is 11.9 Å². The molecule has 0 aliphatic rings. The maximum atomic E-state index is 11.5. The lowest BCUT2D eigenvalue weighted by atomic mass is 10.0. The molecule has 1 atom stereocenters. The van der Waals surface area contributed by atoms with Crippen LogP contribution in [0.5, 0.6) is 0 Å². The summed E-state index contributed by atoms with van der Waals surface area (Å²) in [5.74, 6) is -2.43. The minimum atomic E-state index is -1.09. The van der Waals surface area contributed by atoms with E-state index in [0.717, 1.165) is 0 Å². The number of carbonyl (C=O) groups is 2. The summed E-state index contributed by atoms with van der Waals surface area (Å²) >= 11 is 0. The number of carbonyl (C=O) groups excluding carboxylic acids is 1. The molecular formula is C11H16N2O4. The maximum Gasteiger partial charge on any atom is 0.314 e. The molecule has 0 bridgehead atoms. The van der Waals surface area contributed by atoms with Gasteiger partial charge in [0.25, 0.3) is 0 Å². The average Bonchev–Trinajstić information content (AvgIpc) is 2.77. The Morgan fingerprint density at radius 2 is 2.29 bits per heavy atom. The van der Waals surface area contributed by atoms with Crippen molar-refractivity contribution in [1.82, 2.24) is 9.55 Å². The molecule has 6 heteroatoms. The third-order valence-corrected chi connectivity index (χ3v) is 2.39. The topological polar surface area (TPSA) is 81.4 Å². The number of ketones is 1. The number of aliphatic carboxylic acids is 1. The first-order valence-corrected chi connectivity index (χ1v) is 5.44. The average molecular weight is 240 g/mol. The van der Waals surface area contributed by atoms with Crippen LogP contribution >= 0.6 is 0 Å². The van der Waals surface area contributed by atoms with Crippen molar-refractivity contribution in [3.8, 4) is 0 Å². The van der Waals surface area contributed by atoms with Crippen molar-refractivity contribution >= 4 is 11.8 Å². The Morgan fingerprint density at radius 3 is 2.82 bits per heavy atom. The molecule has 0 aliphatic heterocycles. The molecule has 0 aliphatic carbocycles. The van der Waals surface area contributed by atoms with Gasteiger partial charge in [-0.05, 0) is 6.42 Å². The Labute approximate surface area is 99.2 Å². The van der Waals surface area contributed by atoms with Gasteiger partial charge in [0.05, 0.1) is 12.9 Å². The summed E-state index contributed by atoms with van der Waals surface area (Å²) in [6.45, 7) is 2.47. The zero-order valence-corrected chi connectivity index (χ0v) is 9.70. The summed E-state index contributed by atoms with van der Waals surface area (Å²) in [7, 11) is 0. The van der Waals surface area contributed by atoms with Gasteiger partial charge in [0, 0.05) is 18.9 Å². The van der Waals surface area contributed by atoms with Crippen LogP contribution in [0.1, 0.15) is 13.3 Å². The molecule has 0 saturated carbocycles. The summed E-state index contributed by atoms with van der Waals surface area (Å²) < 4.78 is 6.96. The SMILES string of the molecule is CCC(C(=O)O)C(=O)COCCn1ccnc1. The number of carboxylic acids is 1. The fourth-order valence-electron chi connectivity index (χ4n) is 1.40. The molecule has 0 spiro atoms. The molecule has 0 saturated heterocycles. The van der Waals surface area contributed by atoms with Crippen molar-refractivity contribution in [2.75, 3.05) is 13.2 Å². The van der Waals surface area contributed by atoms with Crippen LogP contribution in [0, 0.1) is 5.92 Å². The van der Waals surface area contributed by atoms with Gasteiger partial charge in [0.2, 0.25) is 0 Å². The molecule has 94 valence electrons. The third kappa shape index (κ3) is 4.36. The van der Waals surface area contributed by atoms with Gasteiger partial charge in [0.1, 0.15) is 12.5 Å². The molecule has 0 amide bonds. The molecule has 1 N–H and O–H groups in total. The number of ether oxygens (including phenoxy) is 1. The van der Waals surface area contributed by atoms with Crippen molar-refractivity contribution in [1.29, 1.82) is 0 Å². The Balaban J connectivity index is 2.22. The van der Waals surface area contributed by atoms with Crippen LogP contribution in [0.4, 0.5) is 0 Å². The molecular weight excluding hydrogens is 224 g/mol. The number of imidazole rings is 1. The van der Waals surface area contributed by atoms with Crippen LogP contribution in [0.3, 0.4) is 0 Å². The lowest BCUT2D eigenvalue weighted by molar-refractivity contribution is -0.147. The van der Waals surface area contributed by atoms with Crippen LogP contribution in [0.2, 0.25) is 0 Å². The molecule has 0 aromatic carbocycles. The fourth-order valence-corrected chi connectivity index (χ4v) is 1.40. The first-order chi connectivity index (χ1) is 8.15. The highest BCUT2D eigenvalue weighted by atomic mass is 16.5. The normalized spacial score (nSPS) is 12.3. The number of carboxylic acid groups (broad SMARTS) is 1. The maximum absolute atomic E-state index is 11.5. The van der Waals surface area contributed by atoms with E-state index in [-0.39, 0.29) is 12.4 Å². The van der Waals surface area contributed by atoms with E-state index >= 15 is 0 Å². The van der Waals surface area contributed by atoms with Gasteiger partial charge in [-0.3, -0.25) is 9.59 Å². The smallest absolute Gasteiger partial charge is 0.314 e. The predicted molar refractivity (Wildman–Crippen MR) is 59.5 cm³/mol. The summed E-state index contributed by atoms with van der Waals surface area (Å²) in [4.78, 5) is 26.0. The summed E-state index contributed by atoms with van der Waals surface area (Å²) in [6, 6.07) is 0. The van der Waals surface area contributed by atoms with Crippen molar-refractivity contribution in [2.45, 2.75) is 19.9 Å². The quantitative estimate of drug-likeness (QED) is 0.531. The third-order valence-electron chi connectivity index (χ3n) is 2.39. The summed E-state index contributed by atoms with van der Waals surface area (Å²) in [6.07, 6.45) is 5.39. The number of Topliss-reactive ketones (excluding diaryl/α,β-unsaturated/α-hetero) is 1. The highest BCUT2D eigenvalue weighted by Crippen LogP contribution is 2.04. The van der Waals surface area contributed by atoms with Crippen LogP contribution in [-0.4, -0.2) is 39.6 Å². The van der Waals surface area contributed by atoms with E-state index in [2.05, 4.69) is 4.98 Å². The van der Waals surface area contributed by atoms with Crippen molar-refractivity contribution < 1.29 is 19.4 Å². The zero-order valence-electron chi connectivity index (χ0n) is 9.70. The first-order valence-electron chi connectivity index (χ1n) is 5.44. The molecule has 1 unspecified atom stereocenters. The molecule has 1 aromatic heterocycles. The minimum Gasteiger partial charge on any atom is -0.481 e. The Morgan fingerprint density at radius 1 is 1.53 bits per heavy atom. The lowest BCUT2D eigenvalue weighted by Crippen LogP contribution is -2.27. The van der Waals surface area contributed by atoms with Gasteiger partial charge in [-0.15, -0.1) is 0 Å². The highest BCUT2D eigenvalue weighted by molar-refractivity contribution is 5.98. The Kier molecular flexibility index (Phi) is 5.35. The van der Waals surface area contributed by atoms with E-state index in [1.54, 1.807) is 25.6 Å². The summed E-state index contributed by atoms with van der Waals surface area (Å²) in [5.41, 5.74) is 0. The Hall–Kier alpha value is -1.69. The molecule has 17 heavy (non-hydrogen) atoms.